The van der Waals surface area contributed by atoms with Crippen molar-refractivity contribution in [2.24, 2.45) is 0 Å². The number of carboxylic acid groups (broad SMARTS) is 1. The zero-order chi connectivity index (χ0) is 35.8. The van der Waals surface area contributed by atoms with Crippen LogP contribution in [-0.4, -0.2) is 69.9 Å². The summed E-state index contributed by atoms with van der Waals surface area (Å²) in [6.07, 6.45) is -1.82. The molecule has 14 heteroatoms. The van der Waals surface area contributed by atoms with Crippen LogP contribution in [0.25, 0.3) is 0 Å². The minimum atomic E-state index is -1.82. The normalized spacial score (nSPS) is 16.5. The van der Waals surface area contributed by atoms with Crippen LogP contribution in [0.4, 0.5) is 14.5 Å². The molecule has 11 nitrogen and oxygen atoms in total. The largest absolute Gasteiger partial charge is 0.484 e. The van der Waals surface area contributed by atoms with Crippen LogP contribution >= 0.6 is 11.8 Å². The number of thioether (sulfide) groups is 1. The van der Waals surface area contributed by atoms with E-state index in [2.05, 4.69) is 10.6 Å². The molecule has 0 bridgehead atoms. The number of carboxylic acids is 1. The average molecular weight is 704 g/mol. The number of ketones is 1. The van der Waals surface area contributed by atoms with E-state index >= 15 is 0 Å². The Bertz CT molecular complexity index is 1840. The second-order valence-corrected chi connectivity index (χ2v) is 12.3. The quantitative estimate of drug-likeness (QED) is 0.107. The first kappa shape index (κ1) is 35.7. The molecule has 4 aromatic carbocycles. The fourth-order valence-electron chi connectivity index (χ4n) is 5.17. The predicted octanol–water partition coefficient (Wildman–Crippen LogP) is 3.84. The van der Waals surface area contributed by atoms with Crippen molar-refractivity contribution in [3.63, 3.8) is 0 Å². The molecule has 5 rings (SSSR count). The molecule has 0 spiro atoms. The molecule has 0 saturated carbocycles. The summed E-state index contributed by atoms with van der Waals surface area (Å²) in [7, 11) is 0. The van der Waals surface area contributed by atoms with E-state index in [-0.39, 0.29) is 17.4 Å². The Morgan fingerprint density at radius 3 is 2.10 bits per heavy atom. The summed E-state index contributed by atoms with van der Waals surface area (Å²) in [5, 5.41) is 22.6. The SMILES string of the molecule is O=C(COc1ccc(C2C(SCC(=O)c3ccc(F)cc3)C(=O)N2c2ccc(F)cc2)cc1)N[C@@H](C(=O)NC[C@H](O)C(=O)O)c1ccccc1. The molecule has 0 aliphatic carbocycles. The van der Waals surface area contributed by atoms with Crippen molar-refractivity contribution in [3.8, 4) is 5.75 Å². The molecule has 0 radical (unpaired) electrons. The standard InChI is InChI=1S/C36H31F2N3O8S/c37-24-10-6-21(7-11-24)29(43)20-50-33-32(41(35(33)46)26-14-12-25(38)13-15-26)23-8-16-27(17-9-23)49-19-30(44)40-31(22-4-2-1-3-5-22)34(45)39-18-28(42)36(47)48/h1-17,28,31-33,42H,18-20H2,(H,39,45)(H,40,44)(H,47,48)/t28-,31+,32?,33?/m0/s1. The van der Waals surface area contributed by atoms with Gasteiger partial charge in [0.1, 0.15) is 28.7 Å². The van der Waals surface area contributed by atoms with Crippen molar-refractivity contribution in [3.05, 3.63) is 131 Å². The van der Waals surface area contributed by atoms with Crippen LogP contribution in [0, 0.1) is 11.6 Å². The maximum Gasteiger partial charge on any atom is 0.334 e. The van der Waals surface area contributed by atoms with Gasteiger partial charge in [0.05, 0.1) is 18.3 Å². The third kappa shape index (κ3) is 8.70. The van der Waals surface area contributed by atoms with Crippen LogP contribution in [0.5, 0.6) is 5.75 Å². The van der Waals surface area contributed by atoms with Crippen LogP contribution in [0.1, 0.15) is 33.6 Å². The lowest BCUT2D eigenvalue weighted by Crippen LogP contribution is -2.57. The number of β-lactam (4-membered cyclic amide) rings is 1. The third-order valence-corrected chi connectivity index (χ3v) is 9.00. The van der Waals surface area contributed by atoms with Gasteiger partial charge < -0.3 is 30.5 Å². The number of amides is 3. The van der Waals surface area contributed by atoms with Crippen molar-refractivity contribution in [2.45, 2.75) is 23.4 Å². The Balaban J connectivity index is 1.25. The van der Waals surface area contributed by atoms with Crippen LogP contribution < -0.4 is 20.3 Å². The number of nitrogens with zero attached hydrogens (tertiary/aromatic N) is 1. The lowest BCUT2D eigenvalue weighted by Gasteiger charge is -2.47. The zero-order valence-electron chi connectivity index (χ0n) is 26.2. The number of benzene rings is 4. The number of carbonyl (C=O) groups excluding carboxylic acids is 4. The minimum absolute atomic E-state index is 0.0335. The number of aliphatic carboxylic acids is 1. The topological polar surface area (TPSA) is 162 Å². The maximum atomic E-state index is 13.7. The van der Waals surface area contributed by atoms with E-state index in [1.54, 1.807) is 54.6 Å². The summed E-state index contributed by atoms with van der Waals surface area (Å²) < 4.78 is 32.6. The van der Waals surface area contributed by atoms with Gasteiger partial charge in [-0.2, -0.15) is 0 Å². The molecule has 1 heterocycles. The van der Waals surface area contributed by atoms with E-state index in [9.17, 15) is 37.9 Å². The number of halogens is 2. The number of carbonyl (C=O) groups is 5. The number of hydrogen-bond acceptors (Lipinski definition) is 8. The number of aliphatic hydroxyl groups is 1. The van der Waals surface area contributed by atoms with Crippen molar-refractivity contribution < 1.29 is 47.7 Å². The second kappa shape index (κ2) is 16.2. The number of hydrogen-bond donors (Lipinski definition) is 4. The van der Waals surface area contributed by atoms with Crippen LogP contribution in [0.3, 0.4) is 0 Å². The van der Waals surface area contributed by atoms with Gasteiger partial charge in [-0.05, 0) is 71.8 Å². The Kier molecular flexibility index (Phi) is 11.6. The van der Waals surface area contributed by atoms with Crippen LogP contribution in [-0.2, 0) is 19.2 Å². The van der Waals surface area contributed by atoms with Crippen LogP contribution in [0.2, 0.25) is 0 Å². The van der Waals surface area contributed by atoms with Gasteiger partial charge in [-0.25, -0.2) is 13.6 Å². The third-order valence-electron chi connectivity index (χ3n) is 7.76. The fourth-order valence-corrected chi connectivity index (χ4v) is 6.38. The monoisotopic (exact) mass is 703 g/mol. The smallest absolute Gasteiger partial charge is 0.334 e. The first-order chi connectivity index (χ1) is 24.0. The van der Waals surface area contributed by atoms with Gasteiger partial charge in [-0.3, -0.25) is 19.2 Å². The van der Waals surface area contributed by atoms with Gasteiger partial charge in [0.25, 0.3) is 5.91 Å². The van der Waals surface area contributed by atoms with Gasteiger partial charge in [-0.1, -0.05) is 42.5 Å². The molecule has 4 aromatic rings. The number of anilines is 1. The van der Waals surface area contributed by atoms with Crippen LogP contribution in [0.15, 0.2) is 103 Å². The van der Waals surface area contributed by atoms with Crippen molar-refractivity contribution in [1.29, 1.82) is 0 Å². The number of rotatable bonds is 15. The molecule has 4 N–H and O–H groups in total. The first-order valence-corrected chi connectivity index (χ1v) is 16.3. The van der Waals surface area contributed by atoms with Crippen molar-refractivity contribution >= 4 is 46.9 Å². The summed E-state index contributed by atoms with van der Waals surface area (Å²) >= 11 is 1.15. The molecule has 3 amide bonds. The van der Waals surface area contributed by atoms with Gasteiger partial charge in [0.15, 0.2) is 18.5 Å². The van der Waals surface area contributed by atoms with E-state index in [1.807, 2.05) is 0 Å². The molecule has 1 fully saturated rings. The molecule has 2 unspecified atom stereocenters. The Hall–Kier alpha value is -5.60. The Morgan fingerprint density at radius 2 is 1.48 bits per heavy atom. The van der Waals surface area contributed by atoms with Crippen molar-refractivity contribution in [2.75, 3.05) is 23.8 Å². The molecule has 1 aliphatic rings. The van der Waals surface area contributed by atoms with E-state index in [1.165, 1.54) is 53.4 Å². The van der Waals surface area contributed by atoms with E-state index in [0.29, 0.717) is 28.1 Å². The number of aliphatic hydroxyl groups excluding tert-OH is 1. The highest BCUT2D eigenvalue weighted by atomic mass is 32.2. The van der Waals surface area contributed by atoms with E-state index < -0.39 is 66.0 Å². The summed E-state index contributed by atoms with van der Waals surface area (Å²) in [4.78, 5) is 64.2. The van der Waals surface area contributed by atoms with Gasteiger partial charge in [-0.15, -0.1) is 11.8 Å². The van der Waals surface area contributed by atoms with Gasteiger partial charge >= 0.3 is 5.97 Å². The second-order valence-electron chi connectivity index (χ2n) is 11.2. The van der Waals surface area contributed by atoms with E-state index in [0.717, 1.165) is 11.8 Å². The molecule has 1 saturated heterocycles. The number of Topliss-reactive ketones (excluding diaryl/α,β-unsaturated/α-hetero) is 1. The summed E-state index contributed by atoms with van der Waals surface area (Å²) in [5.74, 6) is -4.12. The zero-order valence-corrected chi connectivity index (χ0v) is 27.0. The molecule has 50 heavy (non-hydrogen) atoms. The predicted molar refractivity (Wildman–Crippen MR) is 180 cm³/mol. The molecule has 258 valence electrons. The summed E-state index contributed by atoms with van der Waals surface area (Å²) in [6, 6.07) is 23.7. The fraction of sp³-hybridized carbons (Fsp3) is 0.194. The lowest BCUT2D eigenvalue weighted by atomic mass is 9.92. The molecule has 0 aromatic heterocycles. The van der Waals surface area contributed by atoms with E-state index in [4.69, 9.17) is 9.84 Å². The maximum absolute atomic E-state index is 13.7. The molecule has 1 aliphatic heterocycles. The average Bonchev–Trinajstić information content (AvgIpc) is 3.12. The highest BCUT2D eigenvalue weighted by molar-refractivity contribution is 8.01. The lowest BCUT2D eigenvalue weighted by molar-refractivity contribution is -0.146. The highest BCUT2D eigenvalue weighted by Gasteiger charge is 2.49. The van der Waals surface area contributed by atoms with Gasteiger partial charge in [0.2, 0.25) is 11.8 Å². The summed E-state index contributed by atoms with van der Waals surface area (Å²) in [5.41, 5.74) is 1.88. The molecular formula is C36H31F2N3O8S. The Morgan fingerprint density at radius 1 is 0.860 bits per heavy atom. The minimum Gasteiger partial charge on any atom is -0.484 e. The van der Waals surface area contributed by atoms with Gasteiger partial charge in [0, 0.05) is 11.3 Å². The first-order valence-electron chi connectivity index (χ1n) is 15.3. The number of nitrogens with one attached hydrogen (secondary N) is 2. The number of ether oxygens (including phenoxy) is 1. The highest BCUT2D eigenvalue weighted by Crippen LogP contribution is 2.45. The molecular weight excluding hydrogens is 672 g/mol. The Labute approximate surface area is 289 Å². The molecule has 4 atom stereocenters. The van der Waals surface area contributed by atoms with Crippen molar-refractivity contribution in [1.82, 2.24) is 10.6 Å². The summed E-state index contributed by atoms with van der Waals surface area (Å²) in [6.45, 7) is -1.05.